The van der Waals surface area contributed by atoms with Crippen LogP contribution in [-0.2, 0) is 6.54 Å². The van der Waals surface area contributed by atoms with Crippen molar-refractivity contribution in [3.8, 4) is 0 Å². The minimum atomic E-state index is 0.126. The Morgan fingerprint density at radius 3 is 2.94 bits per heavy atom. The number of likely N-dealkylation sites (N-methyl/N-ethyl adjacent to an activating group) is 1. The standard InChI is InChI=1S/C12H22N4O/c1-14(2)6-7-15-8-9-16(12(15)17)11-4-3-5-13-10-11/h8-9,11,13H,3-7,10H2,1-2H3. The Balaban J connectivity index is 2.06. The van der Waals surface area contributed by atoms with E-state index in [1.165, 1.54) is 0 Å². The Morgan fingerprint density at radius 1 is 1.47 bits per heavy atom. The van der Waals surface area contributed by atoms with Gasteiger partial charge in [0.15, 0.2) is 0 Å². The van der Waals surface area contributed by atoms with Crippen molar-refractivity contribution in [2.75, 3.05) is 33.7 Å². The van der Waals surface area contributed by atoms with Gasteiger partial charge in [0, 0.05) is 32.0 Å². The molecule has 5 heteroatoms. The number of piperidine rings is 1. The summed E-state index contributed by atoms with van der Waals surface area (Å²) < 4.78 is 3.68. The van der Waals surface area contributed by atoms with Gasteiger partial charge in [-0.1, -0.05) is 0 Å². The van der Waals surface area contributed by atoms with Crippen LogP contribution in [0, 0.1) is 0 Å². The van der Waals surface area contributed by atoms with E-state index in [1.807, 2.05) is 31.1 Å². The molecule has 0 radical (unpaired) electrons. The second-order valence-corrected chi connectivity index (χ2v) is 4.98. The molecule has 0 aliphatic carbocycles. The molecule has 5 nitrogen and oxygen atoms in total. The van der Waals surface area contributed by atoms with E-state index in [1.54, 1.807) is 4.57 Å². The SMILES string of the molecule is CN(C)CCn1ccn(C2CCCNC2)c1=O. The lowest BCUT2D eigenvalue weighted by Crippen LogP contribution is -2.37. The van der Waals surface area contributed by atoms with Crippen molar-refractivity contribution in [2.24, 2.45) is 0 Å². The van der Waals surface area contributed by atoms with E-state index in [2.05, 4.69) is 10.2 Å². The van der Waals surface area contributed by atoms with Gasteiger partial charge in [-0.3, -0.25) is 9.13 Å². The first-order valence-corrected chi connectivity index (χ1v) is 6.31. The molecule has 1 unspecified atom stereocenters. The summed E-state index contributed by atoms with van der Waals surface area (Å²) in [7, 11) is 4.04. The molecule has 1 N–H and O–H groups in total. The highest BCUT2D eigenvalue weighted by molar-refractivity contribution is 4.88. The van der Waals surface area contributed by atoms with Crippen LogP contribution in [0.25, 0.3) is 0 Å². The fraction of sp³-hybridized carbons (Fsp3) is 0.750. The smallest absolute Gasteiger partial charge is 0.315 e. The number of aromatic nitrogens is 2. The molecule has 0 bridgehead atoms. The highest BCUT2D eigenvalue weighted by Gasteiger charge is 2.17. The molecular weight excluding hydrogens is 216 g/mol. The highest BCUT2D eigenvalue weighted by atomic mass is 16.1. The molecule has 1 aromatic heterocycles. The van der Waals surface area contributed by atoms with Gasteiger partial charge in [-0.2, -0.15) is 0 Å². The first-order chi connectivity index (χ1) is 8.18. The van der Waals surface area contributed by atoms with Crippen molar-refractivity contribution in [3.63, 3.8) is 0 Å². The minimum absolute atomic E-state index is 0.126. The molecule has 96 valence electrons. The van der Waals surface area contributed by atoms with Gasteiger partial charge < -0.3 is 10.2 Å². The molecule has 0 aromatic carbocycles. The number of hydrogen-bond donors (Lipinski definition) is 1. The first kappa shape index (κ1) is 12.4. The molecule has 1 fully saturated rings. The van der Waals surface area contributed by atoms with E-state index in [0.29, 0.717) is 6.04 Å². The Morgan fingerprint density at radius 2 is 2.29 bits per heavy atom. The van der Waals surface area contributed by atoms with Crippen molar-refractivity contribution >= 4 is 0 Å². The first-order valence-electron chi connectivity index (χ1n) is 6.31. The predicted octanol–water partition coefficient (Wildman–Crippen LogP) is 0.136. The second kappa shape index (κ2) is 5.51. The number of imidazole rings is 1. The minimum Gasteiger partial charge on any atom is -0.315 e. The molecule has 1 saturated heterocycles. The number of hydrogen-bond acceptors (Lipinski definition) is 3. The molecule has 0 spiro atoms. The fourth-order valence-electron chi connectivity index (χ4n) is 2.25. The molecular formula is C12H22N4O. The van der Waals surface area contributed by atoms with E-state index in [0.717, 1.165) is 39.0 Å². The molecule has 1 aromatic rings. The monoisotopic (exact) mass is 238 g/mol. The maximum atomic E-state index is 12.2. The van der Waals surface area contributed by atoms with Gasteiger partial charge in [0.25, 0.3) is 0 Å². The summed E-state index contributed by atoms with van der Waals surface area (Å²) in [6.07, 6.45) is 6.08. The number of nitrogens with one attached hydrogen (secondary N) is 1. The van der Waals surface area contributed by atoms with E-state index < -0.39 is 0 Å². The molecule has 1 aliphatic rings. The van der Waals surface area contributed by atoms with E-state index in [-0.39, 0.29) is 5.69 Å². The average molecular weight is 238 g/mol. The van der Waals surface area contributed by atoms with Crippen LogP contribution < -0.4 is 11.0 Å². The Labute approximate surface area is 102 Å². The van der Waals surface area contributed by atoms with Crippen molar-refractivity contribution in [3.05, 3.63) is 22.9 Å². The summed E-state index contributed by atoms with van der Waals surface area (Å²) in [6, 6.07) is 0.330. The zero-order valence-corrected chi connectivity index (χ0v) is 10.7. The molecule has 2 rings (SSSR count). The summed E-state index contributed by atoms with van der Waals surface area (Å²) in [5.41, 5.74) is 0.126. The molecule has 17 heavy (non-hydrogen) atoms. The van der Waals surface area contributed by atoms with Gasteiger partial charge in [0.1, 0.15) is 0 Å². The third kappa shape index (κ3) is 2.98. The topological polar surface area (TPSA) is 42.2 Å². The normalized spacial score (nSPS) is 21.0. The van der Waals surface area contributed by atoms with Crippen LogP contribution >= 0.6 is 0 Å². The van der Waals surface area contributed by atoms with Crippen molar-refractivity contribution in [2.45, 2.75) is 25.4 Å². The van der Waals surface area contributed by atoms with Crippen molar-refractivity contribution in [1.82, 2.24) is 19.4 Å². The molecule has 1 atom stereocenters. The van der Waals surface area contributed by atoms with E-state index >= 15 is 0 Å². The van der Waals surface area contributed by atoms with Gasteiger partial charge in [0.2, 0.25) is 0 Å². The molecule has 1 aliphatic heterocycles. The van der Waals surface area contributed by atoms with Gasteiger partial charge >= 0.3 is 5.69 Å². The Kier molecular flexibility index (Phi) is 4.02. The van der Waals surface area contributed by atoms with Crippen LogP contribution in [-0.4, -0.2) is 47.8 Å². The van der Waals surface area contributed by atoms with Crippen LogP contribution in [0.15, 0.2) is 17.2 Å². The van der Waals surface area contributed by atoms with Gasteiger partial charge in [-0.15, -0.1) is 0 Å². The molecule has 0 amide bonds. The van der Waals surface area contributed by atoms with Crippen LogP contribution in [0.3, 0.4) is 0 Å². The van der Waals surface area contributed by atoms with Gasteiger partial charge in [0.05, 0.1) is 6.04 Å². The van der Waals surface area contributed by atoms with Crippen molar-refractivity contribution < 1.29 is 0 Å². The lowest BCUT2D eigenvalue weighted by Gasteiger charge is -2.23. The van der Waals surface area contributed by atoms with Crippen LogP contribution in [0.1, 0.15) is 18.9 Å². The summed E-state index contributed by atoms with van der Waals surface area (Å²) in [5.74, 6) is 0. The second-order valence-electron chi connectivity index (χ2n) is 4.98. The molecule has 2 heterocycles. The maximum absolute atomic E-state index is 12.2. The van der Waals surface area contributed by atoms with Crippen LogP contribution in [0.2, 0.25) is 0 Å². The maximum Gasteiger partial charge on any atom is 0.328 e. The van der Waals surface area contributed by atoms with Crippen LogP contribution in [0.4, 0.5) is 0 Å². The van der Waals surface area contributed by atoms with Crippen molar-refractivity contribution in [1.29, 1.82) is 0 Å². The highest BCUT2D eigenvalue weighted by Crippen LogP contribution is 2.13. The Hall–Kier alpha value is -1.07. The number of rotatable bonds is 4. The zero-order chi connectivity index (χ0) is 12.3. The summed E-state index contributed by atoms with van der Waals surface area (Å²) >= 11 is 0. The quantitative estimate of drug-likeness (QED) is 0.811. The van der Waals surface area contributed by atoms with Crippen LogP contribution in [0.5, 0.6) is 0 Å². The van der Waals surface area contributed by atoms with Gasteiger partial charge in [-0.05, 0) is 33.5 Å². The average Bonchev–Trinajstić information content (AvgIpc) is 2.69. The predicted molar refractivity (Wildman–Crippen MR) is 68.4 cm³/mol. The molecule has 0 saturated carbocycles. The third-order valence-corrected chi connectivity index (χ3v) is 3.33. The van der Waals surface area contributed by atoms with Gasteiger partial charge in [-0.25, -0.2) is 4.79 Å². The third-order valence-electron chi connectivity index (χ3n) is 3.33. The Bertz CT molecular complexity index is 401. The lowest BCUT2D eigenvalue weighted by atomic mass is 10.1. The lowest BCUT2D eigenvalue weighted by molar-refractivity contribution is 0.353. The zero-order valence-electron chi connectivity index (χ0n) is 10.7. The summed E-state index contributed by atoms with van der Waals surface area (Å²) in [6.45, 7) is 3.65. The number of nitrogens with zero attached hydrogens (tertiary/aromatic N) is 3. The summed E-state index contributed by atoms with van der Waals surface area (Å²) in [5, 5.41) is 3.34. The fourth-order valence-corrected chi connectivity index (χ4v) is 2.25. The summed E-state index contributed by atoms with van der Waals surface area (Å²) in [4.78, 5) is 14.2. The van der Waals surface area contributed by atoms with E-state index in [4.69, 9.17) is 0 Å². The van der Waals surface area contributed by atoms with E-state index in [9.17, 15) is 4.79 Å². The largest absolute Gasteiger partial charge is 0.328 e.